The Labute approximate surface area is 363 Å². The number of hydrogen-bond acceptors (Lipinski definition) is 13. The van der Waals surface area contributed by atoms with E-state index >= 15 is 0 Å². The molecule has 6 heterocycles. The first kappa shape index (κ1) is 47.0. The van der Waals surface area contributed by atoms with Crippen molar-refractivity contribution in [3.8, 4) is 0 Å². The molecule has 0 bridgehead atoms. The molecule has 2 saturated carbocycles. The molecule has 0 radical (unpaired) electrons. The van der Waals surface area contributed by atoms with Gasteiger partial charge in [-0.1, -0.05) is 89.0 Å². The molecule has 13 nitrogen and oxygen atoms in total. The minimum Gasteiger partial charge on any atom is -0.467 e. The van der Waals surface area contributed by atoms with Gasteiger partial charge < -0.3 is 52.1 Å². The van der Waals surface area contributed by atoms with Crippen LogP contribution < -0.4 is 0 Å². The molecule has 332 valence electrons. The second-order valence-electron chi connectivity index (χ2n) is 17.4. The monoisotopic (exact) mass is 878 g/mol. The Balaban J connectivity index is 0.000000156. The van der Waals surface area contributed by atoms with Gasteiger partial charge in [0, 0.05) is 18.8 Å². The van der Waals surface area contributed by atoms with Crippen molar-refractivity contribution < 1.29 is 61.7 Å². The summed E-state index contributed by atoms with van der Waals surface area (Å²) >= 11 is 12.5. The van der Waals surface area contributed by atoms with Crippen LogP contribution in [0.3, 0.4) is 0 Å². The standard InChI is InChI=1S/2C17H19ClO5.C9H14O3.2CH4/c2*1-16(2)21-12-14(20-9-10-6-4-3-5-7-10)17(23-15(12)22-16)8-11(19)13(17)18;1-5-6(2)10-8-7(5)11-9(3,4)12-8;;/h2*3-7,12-15H,8-9H2,1-2H3;5,7-8H,2H2,1,3-4H3;2*1H4/t12-,13+,14?,15-,17-;12-,13-,14?,15-,17-;5-,7+,8+;;/m000../s1. The topological polar surface area (TPSA) is 136 Å². The Bertz CT molecular complexity index is 1750. The molecule has 0 amide bonds. The molecule has 2 aliphatic carbocycles. The number of Topliss-reactive ketones (excluding diaryl/α,β-unsaturated/α-hetero) is 2. The van der Waals surface area contributed by atoms with E-state index in [1.165, 1.54) is 0 Å². The molecule has 2 aromatic carbocycles. The van der Waals surface area contributed by atoms with Gasteiger partial charge in [0.2, 0.25) is 6.29 Å². The molecular formula is C45H60Cl2O13. The van der Waals surface area contributed by atoms with E-state index < -0.39 is 64.1 Å². The van der Waals surface area contributed by atoms with Crippen molar-refractivity contribution in [3.63, 3.8) is 0 Å². The summed E-state index contributed by atoms with van der Waals surface area (Å²) in [5, 5.41) is -1.44. The Morgan fingerprint density at radius 2 is 0.950 bits per heavy atom. The highest BCUT2D eigenvalue weighted by Crippen LogP contribution is 2.54. The van der Waals surface area contributed by atoms with Crippen molar-refractivity contribution in [2.45, 2.75) is 178 Å². The zero-order valence-electron chi connectivity index (χ0n) is 33.7. The number of carbonyl (C=O) groups excluding carboxylic acids is 2. The van der Waals surface area contributed by atoms with Gasteiger partial charge in [-0.3, -0.25) is 9.59 Å². The van der Waals surface area contributed by atoms with Crippen LogP contribution in [-0.2, 0) is 74.9 Å². The smallest absolute Gasteiger partial charge is 0.229 e. The molecule has 60 heavy (non-hydrogen) atoms. The fraction of sp³-hybridized carbons (Fsp3) is 0.644. The van der Waals surface area contributed by atoms with E-state index in [1.54, 1.807) is 0 Å². The first-order valence-corrected chi connectivity index (χ1v) is 20.6. The van der Waals surface area contributed by atoms with Crippen LogP contribution in [0.2, 0.25) is 0 Å². The lowest BCUT2D eigenvalue weighted by molar-refractivity contribution is -0.254. The Morgan fingerprint density at radius 1 is 0.583 bits per heavy atom. The third kappa shape index (κ3) is 8.72. The summed E-state index contributed by atoms with van der Waals surface area (Å²) in [6, 6.07) is 19.7. The molecule has 8 aliphatic rings. The Morgan fingerprint density at radius 3 is 1.30 bits per heavy atom. The SMILES string of the molecule is C.C.C=C1O[C@@H]2OC(C)(C)O[C@@H]2[C@H]1C.CC1(C)O[C@H]2O[C@]3(CC(=O)[C@@H]3Cl)C(OCc3ccccc3)[C@@H]2O1.CC1(C)O[C@H]2O[C@]3(CC(=O)[C@H]3Cl)C(OCc3ccccc3)[C@@H]2O1. The minimum absolute atomic E-state index is 0. The maximum atomic E-state index is 11.7. The fourth-order valence-electron chi connectivity index (χ4n) is 8.73. The van der Waals surface area contributed by atoms with Gasteiger partial charge in [0.15, 0.2) is 41.5 Å². The molecule has 6 aliphatic heterocycles. The summed E-state index contributed by atoms with van der Waals surface area (Å²) in [6.45, 7) is 17.7. The Kier molecular flexibility index (Phi) is 13.5. The number of ketones is 2. The van der Waals surface area contributed by atoms with E-state index in [2.05, 4.69) is 6.58 Å². The average Bonchev–Trinajstić information content (AvgIpc) is 3.96. The molecule has 13 atom stereocenters. The highest BCUT2D eigenvalue weighted by molar-refractivity contribution is 6.35. The molecule has 6 saturated heterocycles. The second kappa shape index (κ2) is 17.2. The van der Waals surface area contributed by atoms with Crippen LogP contribution in [0, 0.1) is 5.92 Å². The maximum Gasteiger partial charge on any atom is 0.229 e. The first-order valence-electron chi connectivity index (χ1n) is 19.7. The minimum atomic E-state index is -0.848. The van der Waals surface area contributed by atoms with Gasteiger partial charge in [0.25, 0.3) is 0 Å². The van der Waals surface area contributed by atoms with Crippen LogP contribution >= 0.6 is 23.2 Å². The van der Waals surface area contributed by atoms with Gasteiger partial charge in [-0.15, -0.1) is 23.2 Å². The van der Waals surface area contributed by atoms with Crippen molar-refractivity contribution in [3.05, 3.63) is 84.1 Å². The number of fused-ring (bicyclic) bond motifs is 3. The number of hydrogen-bond donors (Lipinski definition) is 0. The van der Waals surface area contributed by atoms with Crippen LogP contribution in [-0.4, -0.2) is 100 Å². The molecule has 8 fully saturated rings. The van der Waals surface area contributed by atoms with Crippen LogP contribution in [0.25, 0.3) is 0 Å². The molecule has 10 rings (SSSR count). The predicted octanol–water partition coefficient (Wildman–Crippen LogP) is 7.71. The molecule has 2 unspecified atom stereocenters. The average molecular weight is 880 g/mol. The van der Waals surface area contributed by atoms with Crippen molar-refractivity contribution in [2.75, 3.05) is 0 Å². The summed E-state index contributed by atoms with van der Waals surface area (Å²) in [6.07, 6.45) is -2.51. The number of ether oxygens (including phenoxy) is 11. The van der Waals surface area contributed by atoms with E-state index in [9.17, 15) is 9.59 Å². The first-order chi connectivity index (χ1) is 27.3. The summed E-state index contributed by atoms with van der Waals surface area (Å²) in [4.78, 5) is 23.4. The summed E-state index contributed by atoms with van der Waals surface area (Å²) in [5.74, 6) is -1.04. The molecule has 2 aromatic rings. The summed E-state index contributed by atoms with van der Waals surface area (Å²) in [7, 11) is 0. The van der Waals surface area contributed by atoms with E-state index in [0.717, 1.165) is 16.9 Å². The normalized spacial score (nSPS) is 40.4. The highest BCUT2D eigenvalue weighted by Gasteiger charge is 2.72. The molecule has 15 heteroatoms. The lowest BCUT2D eigenvalue weighted by atomic mass is 9.74. The number of alkyl halides is 2. The van der Waals surface area contributed by atoms with Gasteiger partial charge in [0.1, 0.15) is 52.5 Å². The molecule has 0 N–H and O–H groups in total. The quantitative estimate of drug-likeness (QED) is 0.263. The van der Waals surface area contributed by atoms with Gasteiger partial charge in [0.05, 0.1) is 19.0 Å². The van der Waals surface area contributed by atoms with E-state index in [0.29, 0.717) is 13.2 Å². The van der Waals surface area contributed by atoms with Crippen molar-refractivity contribution in [1.82, 2.24) is 0 Å². The second-order valence-corrected chi connectivity index (χ2v) is 18.2. The van der Waals surface area contributed by atoms with Crippen LogP contribution in [0.15, 0.2) is 73.0 Å². The van der Waals surface area contributed by atoms with Crippen LogP contribution in [0.1, 0.15) is 87.3 Å². The van der Waals surface area contributed by atoms with Crippen molar-refractivity contribution in [1.29, 1.82) is 0 Å². The molecule has 2 spiro atoms. The van der Waals surface area contributed by atoms with Crippen molar-refractivity contribution >= 4 is 34.8 Å². The maximum absolute atomic E-state index is 11.7. The zero-order valence-corrected chi connectivity index (χ0v) is 35.2. The van der Waals surface area contributed by atoms with E-state index in [1.807, 2.05) is 109 Å². The number of halogens is 2. The van der Waals surface area contributed by atoms with Gasteiger partial charge >= 0.3 is 0 Å². The van der Waals surface area contributed by atoms with E-state index in [-0.39, 0.29) is 69.8 Å². The highest BCUT2D eigenvalue weighted by atomic mass is 35.5. The summed E-state index contributed by atoms with van der Waals surface area (Å²) < 4.78 is 64.2. The lowest BCUT2D eigenvalue weighted by Gasteiger charge is -2.45. The Hall–Kier alpha value is -2.50. The van der Waals surface area contributed by atoms with Gasteiger partial charge in [-0.2, -0.15) is 0 Å². The number of rotatable bonds is 6. The van der Waals surface area contributed by atoms with Crippen molar-refractivity contribution in [2.24, 2.45) is 5.92 Å². The number of benzene rings is 2. The third-order valence-corrected chi connectivity index (χ3v) is 12.9. The van der Waals surface area contributed by atoms with Crippen LogP contribution in [0.4, 0.5) is 0 Å². The fourth-order valence-corrected chi connectivity index (χ4v) is 9.39. The number of carbonyl (C=O) groups is 2. The van der Waals surface area contributed by atoms with Gasteiger partial charge in [-0.25, -0.2) is 0 Å². The predicted molar refractivity (Wildman–Crippen MR) is 221 cm³/mol. The third-order valence-electron chi connectivity index (χ3n) is 11.6. The van der Waals surface area contributed by atoms with Gasteiger partial charge in [-0.05, 0) is 52.7 Å². The zero-order chi connectivity index (χ0) is 41.4. The van der Waals surface area contributed by atoms with Crippen LogP contribution in [0.5, 0.6) is 0 Å². The lowest BCUT2D eigenvalue weighted by Crippen LogP contribution is -2.64. The summed E-state index contributed by atoms with van der Waals surface area (Å²) in [5.41, 5.74) is 0.389. The molecule has 0 aromatic heterocycles. The molecular weight excluding hydrogens is 819 g/mol. The van der Waals surface area contributed by atoms with E-state index in [4.69, 9.17) is 75.3 Å². The largest absolute Gasteiger partial charge is 0.467 e.